The Bertz CT molecular complexity index is 1070. The van der Waals surface area contributed by atoms with Crippen LogP contribution in [0.5, 0.6) is 0 Å². The molecule has 0 spiro atoms. The van der Waals surface area contributed by atoms with Gasteiger partial charge in [0.25, 0.3) is 0 Å². The monoisotopic (exact) mass is 373 g/mol. The van der Waals surface area contributed by atoms with E-state index in [4.69, 9.17) is 9.15 Å². The van der Waals surface area contributed by atoms with Crippen molar-refractivity contribution in [3.05, 3.63) is 36.4 Å². The minimum Gasteiger partial charge on any atom is -0.472 e. The van der Waals surface area contributed by atoms with Crippen LogP contribution in [0.4, 0.5) is 0 Å². The summed E-state index contributed by atoms with van der Waals surface area (Å²) in [6, 6.07) is 3.74. The van der Waals surface area contributed by atoms with Crippen LogP contribution in [0.15, 0.2) is 40.8 Å². The van der Waals surface area contributed by atoms with Crippen LogP contribution >= 0.6 is 11.3 Å². The summed E-state index contributed by atoms with van der Waals surface area (Å²) < 4.78 is 13.6. The van der Waals surface area contributed by atoms with Crippen LogP contribution in [-0.4, -0.2) is 54.8 Å². The molecule has 5 rings (SSSR count). The van der Waals surface area contributed by atoms with Crippen molar-refractivity contribution in [1.82, 2.24) is 14.5 Å². The Labute approximate surface area is 150 Å². The maximum Gasteiger partial charge on any atom is 0.165 e. The SMILES string of the molecule is OC[C@H]1O[C@@H](n2c3ccsc3c3c(-c4ccoc4)ncnc32)[C@H](O)[C@@H]1O. The van der Waals surface area contributed by atoms with Crippen LogP contribution in [0, 0.1) is 0 Å². The van der Waals surface area contributed by atoms with E-state index in [0.29, 0.717) is 5.65 Å². The maximum atomic E-state index is 10.5. The Kier molecular flexibility index (Phi) is 3.59. The van der Waals surface area contributed by atoms with Gasteiger partial charge in [-0.1, -0.05) is 0 Å². The highest BCUT2D eigenvalue weighted by Crippen LogP contribution is 2.42. The van der Waals surface area contributed by atoms with E-state index in [0.717, 1.165) is 26.9 Å². The Morgan fingerprint density at radius 2 is 2.08 bits per heavy atom. The number of hydrogen-bond donors (Lipinski definition) is 3. The van der Waals surface area contributed by atoms with Crippen molar-refractivity contribution in [2.24, 2.45) is 0 Å². The third kappa shape index (κ3) is 2.09. The fraction of sp³-hybridized carbons (Fsp3) is 0.294. The van der Waals surface area contributed by atoms with E-state index < -0.39 is 24.5 Å². The van der Waals surface area contributed by atoms with Gasteiger partial charge < -0.3 is 24.5 Å². The maximum absolute atomic E-state index is 10.5. The lowest BCUT2D eigenvalue weighted by molar-refractivity contribution is -0.0489. The summed E-state index contributed by atoms with van der Waals surface area (Å²) in [6.07, 6.45) is 0.583. The smallest absolute Gasteiger partial charge is 0.165 e. The molecule has 1 saturated heterocycles. The molecule has 0 saturated carbocycles. The van der Waals surface area contributed by atoms with Crippen LogP contribution < -0.4 is 0 Å². The van der Waals surface area contributed by atoms with Crippen LogP contribution in [0.25, 0.3) is 32.5 Å². The first kappa shape index (κ1) is 15.9. The number of ether oxygens (including phenoxy) is 1. The average molecular weight is 373 g/mol. The second-order valence-electron chi connectivity index (χ2n) is 6.17. The summed E-state index contributed by atoms with van der Waals surface area (Å²) in [5.74, 6) is 0. The number of hydrogen-bond acceptors (Lipinski definition) is 8. The van der Waals surface area contributed by atoms with Crippen LogP contribution in [0.2, 0.25) is 0 Å². The van der Waals surface area contributed by atoms with Gasteiger partial charge in [0.2, 0.25) is 0 Å². The number of nitrogens with zero attached hydrogens (tertiary/aromatic N) is 3. The predicted octanol–water partition coefficient (Wildman–Crippen LogP) is 1.52. The zero-order chi connectivity index (χ0) is 17.8. The number of furan rings is 1. The number of fused-ring (bicyclic) bond motifs is 3. The Morgan fingerprint density at radius 1 is 1.19 bits per heavy atom. The molecule has 1 fully saturated rings. The van der Waals surface area contributed by atoms with Gasteiger partial charge in [-0.2, -0.15) is 0 Å². The summed E-state index contributed by atoms with van der Waals surface area (Å²) in [7, 11) is 0. The van der Waals surface area contributed by atoms with Crippen molar-refractivity contribution in [3.8, 4) is 11.3 Å². The van der Waals surface area contributed by atoms with Gasteiger partial charge in [-0.3, -0.25) is 4.57 Å². The molecular formula is C17H15N3O5S. The number of aliphatic hydroxyl groups is 3. The molecule has 0 unspecified atom stereocenters. The van der Waals surface area contributed by atoms with E-state index in [9.17, 15) is 15.3 Å². The molecule has 0 bridgehead atoms. The number of rotatable bonds is 3. The molecular weight excluding hydrogens is 358 g/mol. The molecule has 0 radical (unpaired) electrons. The first-order chi connectivity index (χ1) is 12.7. The molecule has 1 aliphatic rings. The molecule has 3 N–H and O–H groups in total. The van der Waals surface area contributed by atoms with Crippen molar-refractivity contribution in [3.63, 3.8) is 0 Å². The summed E-state index contributed by atoms with van der Waals surface area (Å²) in [5.41, 5.74) is 2.96. The first-order valence-corrected chi connectivity index (χ1v) is 8.95. The predicted molar refractivity (Wildman–Crippen MR) is 93.6 cm³/mol. The van der Waals surface area contributed by atoms with Crippen molar-refractivity contribution >= 4 is 32.6 Å². The zero-order valence-corrected chi connectivity index (χ0v) is 14.2. The van der Waals surface area contributed by atoms with Gasteiger partial charge in [0, 0.05) is 5.56 Å². The fourth-order valence-electron chi connectivity index (χ4n) is 3.53. The van der Waals surface area contributed by atoms with E-state index in [2.05, 4.69) is 9.97 Å². The molecule has 4 aromatic rings. The normalized spacial score (nSPS) is 26.3. The molecule has 0 aliphatic carbocycles. The zero-order valence-electron chi connectivity index (χ0n) is 13.4. The van der Waals surface area contributed by atoms with E-state index in [-0.39, 0.29) is 6.61 Å². The van der Waals surface area contributed by atoms with E-state index in [1.54, 1.807) is 17.1 Å². The quantitative estimate of drug-likeness (QED) is 0.499. The highest BCUT2D eigenvalue weighted by Gasteiger charge is 2.44. The molecule has 0 aromatic carbocycles. The lowest BCUT2D eigenvalue weighted by Crippen LogP contribution is -2.33. The van der Waals surface area contributed by atoms with Gasteiger partial charge in [-0.15, -0.1) is 11.3 Å². The van der Waals surface area contributed by atoms with Crippen LogP contribution in [-0.2, 0) is 4.74 Å². The van der Waals surface area contributed by atoms with E-state index >= 15 is 0 Å². The van der Waals surface area contributed by atoms with Gasteiger partial charge in [-0.25, -0.2) is 9.97 Å². The second-order valence-corrected chi connectivity index (χ2v) is 7.08. The van der Waals surface area contributed by atoms with Gasteiger partial charge in [0.1, 0.15) is 30.3 Å². The van der Waals surface area contributed by atoms with E-state index in [1.807, 2.05) is 17.5 Å². The molecule has 4 aromatic heterocycles. The van der Waals surface area contributed by atoms with E-state index in [1.165, 1.54) is 17.7 Å². The number of aromatic nitrogens is 3. The molecule has 5 heterocycles. The lowest BCUT2D eigenvalue weighted by Gasteiger charge is -2.18. The minimum absolute atomic E-state index is 0.379. The second kappa shape index (κ2) is 5.86. The third-order valence-corrected chi connectivity index (χ3v) is 5.67. The third-order valence-electron chi connectivity index (χ3n) is 4.75. The Balaban J connectivity index is 1.78. The minimum atomic E-state index is -1.18. The van der Waals surface area contributed by atoms with Crippen molar-refractivity contribution in [1.29, 1.82) is 0 Å². The summed E-state index contributed by atoms with van der Waals surface area (Å²) in [5, 5.41) is 32.8. The molecule has 26 heavy (non-hydrogen) atoms. The lowest BCUT2D eigenvalue weighted by atomic mass is 10.1. The number of thiophene rings is 1. The first-order valence-electron chi connectivity index (χ1n) is 8.08. The Hall–Kier alpha value is -2.30. The van der Waals surface area contributed by atoms with Crippen molar-refractivity contribution in [2.45, 2.75) is 24.5 Å². The van der Waals surface area contributed by atoms with Gasteiger partial charge >= 0.3 is 0 Å². The van der Waals surface area contributed by atoms with Crippen molar-refractivity contribution in [2.75, 3.05) is 6.61 Å². The summed E-state index contributed by atoms with van der Waals surface area (Å²) in [6.45, 7) is -0.379. The van der Waals surface area contributed by atoms with Gasteiger partial charge in [-0.05, 0) is 17.5 Å². The average Bonchev–Trinajstić information content (AvgIpc) is 3.41. The number of aliphatic hydroxyl groups excluding tert-OH is 3. The Morgan fingerprint density at radius 3 is 2.81 bits per heavy atom. The molecule has 134 valence electrons. The highest BCUT2D eigenvalue weighted by molar-refractivity contribution is 7.18. The van der Waals surface area contributed by atoms with Gasteiger partial charge in [0.15, 0.2) is 6.23 Å². The molecule has 0 amide bonds. The summed E-state index contributed by atoms with van der Waals surface area (Å²) >= 11 is 1.54. The van der Waals surface area contributed by atoms with Crippen LogP contribution in [0.1, 0.15) is 6.23 Å². The fourth-order valence-corrected chi connectivity index (χ4v) is 4.46. The molecule has 4 atom stereocenters. The van der Waals surface area contributed by atoms with Crippen LogP contribution in [0.3, 0.4) is 0 Å². The molecule has 8 nitrogen and oxygen atoms in total. The largest absolute Gasteiger partial charge is 0.472 e. The van der Waals surface area contributed by atoms with Gasteiger partial charge in [0.05, 0.1) is 40.4 Å². The standard InChI is InChI=1S/C17H15N3O5S/c21-5-10-13(22)14(23)17(25-10)20-9-2-4-26-15(9)11-12(8-1-3-24-6-8)18-7-19-16(11)20/h1-4,6-7,10,13-14,17,21-23H,5H2/t10-,13-,14-,17-/m1/s1. The molecule has 9 heteroatoms. The molecule has 1 aliphatic heterocycles. The topological polar surface area (TPSA) is 114 Å². The van der Waals surface area contributed by atoms with Crippen molar-refractivity contribution < 1.29 is 24.5 Å². The highest BCUT2D eigenvalue weighted by atomic mass is 32.1. The summed E-state index contributed by atoms with van der Waals surface area (Å²) in [4.78, 5) is 8.82.